The van der Waals surface area contributed by atoms with Crippen LogP contribution in [-0.4, -0.2) is 5.97 Å². The molecular formula is C22H29ClO2. The summed E-state index contributed by atoms with van der Waals surface area (Å²) in [5, 5.41) is 0.664. The third kappa shape index (κ3) is 6.21. The summed E-state index contributed by atoms with van der Waals surface area (Å²) in [5.74, 6) is -0.314. The summed E-state index contributed by atoms with van der Waals surface area (Å²) in [6.07, 6.45) is 2.21. The molecule has 0 aliphatic carbocycles. The molecule has 0 heterocycles. The maximum Gasteiger partial charge on any atom is 0.339 e. The van der Waals surface area contributed by atoms with Crippen molar-refractivity contribution in [2.45, 2.75) is 60.0 Å². The van der Waals surface area contributed by atoms with Gasteiger partial charge in [-0.2, -0.15) is 0 Å². The first-order chi connectivity index (χ1) is 11.7. The Labute approximate surface area is 157 Å². The summed E-state index contributed by atoms with van der Waals surface area (Å²) in [7, 11) is 0. The summed E-state index contributed by atoms with van der Waals surface area (Å²) in [6.45, 7) is 12.1. The Hall–Kier alpha value is -1.80. The number of hydrogen-bond acceptors (Lipinski definition) is 2. The van der Waals surface area contributed by atoms with E-state index in [2.05, 4.69) is 20.8 Å². The largest absolute Gasteiger partial charge is 0.451 e. The molecule has 0 saturated carbocycles. The first-order valence-corrected chi connectivity index (χ1v) is 9.21. The van der Waals surface area contributed by atoms with Gasteiger partial charge in [0.25, 0.3) is 0 Å². The molecule has 0 radical (unpaired) electrons. The third-order valence-electron chi connectivity index (χ3n) is 3.85. The van der Waals surface area contributed by atoms with Gasteiger partial charge in [0, 0.05) is 5.02 Å². The van der Waals surface area contributed by atoms with Gasteiger partial charge in [-0.25, -0.2) is 4.79 Å². The highest BCUT2D eigenvalue weighted by Crippen LogP contribution is 2.27. The van der Waals surface area contributed by atoms with E-state index in [0.29, 0.717) is 10.6 Å². The monoisotopic (exact) mass is 360 g/mol. The molecule has 0 aromatic heterocycles. The molecule has 0 spiro atoms. The van der Waals surface area contributed by atoms with Gasteiger partial charge in [-0.3, -0.25) is 0 Å². The molecule has 25 heavy (non-hydrogen) atoms. The predicted octanol–water partition coefficient (Wildman–Crippen LogP) is 6.72. The molecule has 0 fully saturated rings. The Kier molecular flexibility index (Phi) is 8.18. The molecule has 136 valence electrons. The molecule has 3 heteroatoms. The fourth-order valence-electron chi connectivity index (χ4n) is 2.42. The zero-order valence-electron chi connectivity index (χ0n) is 16.2. The SMILES string of the molecule is CCC.CCc1ccc(C(=O)OC(C)(C)c2ccc(Cl)cc2)cc1C. The molecule has 0 aliphatic heterocycles. The minimum atomic E-state index is -0.709. The topological polar surface area (TPSA) is 26.3 Å². The molecule has 0 amide bonds. The van der Waals surface area contributed by atoms with Crippen molar-refractivity contribution in [3.8, 4) is 0 Å². The fourth-order valence-corrected chi connectivity index (χ4v) is 2.55. The molecule has 0 N–H and O–H groups in total. The van der Waals surface area contributed by atoms with Gasteiger partial charge in [0.05, 0.1) is 5.56 Å². The van der Waals surface area contributed by atoms with Crippen LogP contribution < -0.4 is 0 Å². The number of carbonyl (C=O) groups is 1. The first-order valence-electron chi connectivity index (χ1n) is 8.84. The quantitative estimate of drug-likeness (QED) is 0.565. The summed E-state index contributed by atoms with van der Waals surface area (Å²) in [6, 6.07) is 13.0. The smallest absolute Gasteiger partial charge is 0.339 e. The summed E-state index contributed by atoms with van der Waals surface area (Å²) >= 11 is 5.90. The number of halogens is 1. The van der Waals surface area contributed by atoms with Crippen molar-refractivity contribution in [1.82, 2.24) is 0 Å². The molecule has 2 nitrogen and oxygen atoms in total. The number of carbonyl (C=O) groups excluding carboxylic acids is 1. The van der Waals surface area contributed by atoms with Crippen molar-refractivity contribution in [2.75, 3.05) is 0 Å². The first kappa shape index (κ1) is 21.2. The third-order valence-corrected chi connectivity index (χ3v) is 4.10. The zero-order chi connectivity index (χ0) is 19.0. The van der Waals surface area contributed by atoms with E-state index < -0.39 is 5.60 Å². The van der Waals surface area contributed by atoms with Crippen LogP contribution in [-0.2, 0) is 16.8 Å². The molecule has 0 atom stereocenters. The van der Waals surface area contributed by atoms with Gasteiger partial charge in [-0.15, -0.1) is 0 Å². The van der Waals surface area contributed by atoms with E-state index in [1.54, 1.807) is 12.1 Å². The number of aryl methyl sites for hydroxylation is 2. The van der Waals surface area contributed by atoms with Crippen LogP contribution in [0.25, 0.3) is 0 Å². The van der Waals surface area contributed by atoms with Crippen LogP contribution in [0.1, 0.15) is 68.1 Å². The van der Waals surface area contributed by atoms with Crippen molar-refractivity contribution >= 4 is 17.6 Å². The van der Waals surface area contributed by atoms with E-state index >= 15 is 0 Å². The lowest BCUT2D eigenvalue weighted by Gasteiger charge is -2.26. The Morgan fingerprint density at radius 1 is 1.04 bits per heavy atom. The van der Waals surface area contributed by atoms with Crippen LogP contribution in [0.4, 0.5) is 0 Å². The van der Waals surface area contributed by atoms with E-state index in [1.165, 1.54) is 12.0 Å². The highest BCUT2D eigenvalue weighted by molar-refractivity contribution is 6.30. The van der Waals surface area contributed by atoms with Crippen LogP contribution in [0.5, 0.6) is 0 Å². The van der Waals surface area contributed by atoms with Crippen molar-refractivity contribution in [3.05, 3.63) is 69.7 Å². The number of hydrogen-bond donors (Lipinski definition) is 0. The summed E-state index contributed by atoms with van der Waals surface area (Å²) in [4.78, 5) is 12.4. The number of benzene rings is 2. The van der Waals surface area contributed by atoms with Crippen LogP contribution >= 0.6 is 11.6 Å². The van der Waals surface area contributed by atoms with Gasteiger partial charge in [0.1, 0.15) is 5.60 Å². The second kappa shape index (κ2) is 9.62. The standard InChI is InChI=1S/C19H21ClO2.C3H8/c1-5-14-6-7-15(12-13(14)2)18(21)22-19(3,4)16-8-10-17(20)11-9-16;1-3-2/h6-12H,5H2,1-4H3;3H2,1-2H3. The van der Waals surface area contributed by atoms with Gasteiger partial charge in [0.15, 0.2) is 0 Å². The van der Waals surface area contributed by atoms with E-state index in [4.69, 9.17) is 16.3 Å². The lowest BCUT2D eigenvalue weighted by Crippen LogP contribution is -2.25. The summed E-state index contributed by atoms with van der Waals surface area (Å²) < 4.78 is 5.70. The molecule has 2 rings (SSSR count). The maximum atomic E-state index is 12.4. The molecule has 0 saturated heterocycles. The molecular weight excluding hydrogens is 332 g/mol. The number of rotatable bonds is 4. The minimum absolute atomic E-state index is 0.314. The molecule has 0 unspecified atom stereocenters. The van der Waals surface area contributed by atoms with E-state index in [9.17, 15) is 4.79 Å². The Morgan fingerprint density at radius 3 is 2.08 bits per heavy atom. The van der Waals surface area contributed by atoms with Crippen LogP contribution in [0, 0.1) is 6.92 Å². The fraction of sp³-hybridized carbons (Fsp3) is 0.409. The van der Waals surface area contributed by atoms with Gasteiger partial charge < -0.3 is 4.74 Å². The van der Waals surface area contributed by atoms with Crippen molar-refractivity contribution in [1.29, 1.82) is 0 Å². The highest BCUT2D eigenvalue weighted by Gasteiger charge is 2.26. The lowest BCUT2D eigenvalue weighted by atomic mass is 9.98. The van der Waals surface area contributed by atoms with E-state index in [1.807, 2.05) is 51.1 Å². The molecule has 2 aromatic carbocycles. The van der Waals surface area contributed by atoms with E-state index in [0.717, 1.165) is 17.5 Å². The van der Waals surface area contributed by atoms with Gasteiger partial charge in [-0.05, 0) is 68.1 Å². The highest BCUT2D eigenvalue weighted by atomic mass is 35.5. The van der Waals surface area contributed by atoms with E-state index in [-0.39, 0.29) is 5.97 Å². The number of ether oxygens (including phenoxy) is 1. The van der Waals surface area contributed by atoms with Crippen LogP contribution in [0.3, 0.4) is 0 Å². The zero-order valence-corrected chi connectivity index (χ0v) is 16.9. The molecule has 0 bridgehead atoms. The maximum absolute atomic E-state index is 12.4. The van der Waals surface area contributed by atoms with Crippen molar-refractivity contribution in [2.24, 2.45) is 0 Å². The Morgan fingerprint density at radius 2 is 1.60 bits per heavy atom. The van der Waals surface area contributed by atoms with Crippen LogP contribution in [0.15, 0.2) is 42.5 Å². The van der Waals surface area contributed by atoms with Crippen molar-refractivity contribution < 1.29 is 9.53 Å². The van der Waals surface area contributed by atoms with Gasteiger partial charge in [0.2, 0.25) is 0 Å². The average Bonchev–Trinajstić information content (AvgIpc) is 2.55. The molecule has 2 aromatic rings. The van der Waals surface area contributed by atoms with Crippen LogP contribution in [0.2, 0.25) is 5.02 Å². The Balaban J connectivity index is 0.000000970. The Bertz CT molecular complexity index is 688. The van der Waals surface area contributed by atoms with Crippen molar-refractivity contribution in [3.63, 3.8) is 0 Å². The number of esters is 1. The van der Waals surface area contributed by atoms with Gasteiger partial charge >= 0.3 is 5.97 Å². The molecule has 0 aliphatic rings. The normalized spacial score (nSPS) is 10.7. The second-order valence-electron chi connectivity index (χ2n) is 6.61. The second-order valence-corrected chi connectivity index (χ2v) is 7.05. The average molecular weight is 361 g/mol. The minimum Gasteiger partial charge on any atom is -0.451 e. The van der Waals surface area contributed by atoms with Gasteiger partial charge in [-0.1, -0.05) is 57.0 Å². The lowest BCUT2D eigenvalue weighted by molar-refractivity contribution is -0.00313. The summed E-state index contributed by atoms with van der Waals surface area (Å²) in [5.41, 5.74) is 3.14. The predicted molar refractivity (Wildman–Crippen MR) is 106 cm³/mol.